The van der Waals surface area contributed by atoms with Crippen LogP contribution >= 0.6 is 0 Å². The van der Waals surface area contributed by atoms with E-state index in [4.69, 9.17) is 0 Å². The summed E-state index contributed by atoms with van der Waals surface area (Å²) in [7, 11) is 0. The van der Waals surface area contributed by atoms with Gasteiger partial charge in [0.2, 0.25) is 5.95 Å². The lowest BCUT2D eigenvalue weighted by molar-refractivity contribution is 0.0933. The Hall–Kier alpha value is -2.63. The summed E-state index contributed by atoms with van der Waals surface area (Å²) in [6.45, 7) is 8.32. The van der Waals surface area contributed by atoms with Crippen molar-refractivity contribution >= 4 is 23.2 Å². The van der Waals surface area contributed by atoms with Crippen molar-refractivity contribution in [3.63, 3.8) is 0 Å². The molecule has 0 unspecified atom stereocenters. The Bertz CT molecular complexity index is 782. The molecule has 6 heteroatoms. The molecule has 6 nitrogen and oxygen atoms in total. The van der Waals surface area contributed by atoms with E-state index < -0.39 is 0 Å². The minimum atomic E-state index is -0.124. The molecule has 1 heterocycles. The highest BCUT2D eigenvalue weighted by molar-refractivity contribution is 5.92. The third-order valence-corrected chi connectivity index (χ3v) is 5.16. The molecule has 1 aliphatic rings. The Morgan fingerprint density at radius 2 is 1.93 bits per heavy atom. The topological polar surface area (TPSA) is 70.2 Å². The van der Waals surface area contributed by atoms with Gasteiger partial charge in [-0.3, -0.25) is 4.79 Å². The lowest BCUT2D eigenvalue weighted by Crippen LogP contribution is -2.33. The van der Waals surface area contributed by atoms with Crippen molar-refractivity contribution in [2.45, 2.75) is 52.5 Å². The zero-order chi connectivity index (χ0) is 19.2. The first-order valence-electron chi connectivity index (χ1n) is 9.87. The van der Waals surface area contributed by atoms with E-state index in [2.05, 4.69) is 58.4 Å². The van der Waals surface area contributed by atoms with E-state index in [1.807, 2.05) is 6.07 Å². The van der Waals surface area contributed by atoms with E-state index in [0.717, 1.165) is 37.2 Å². The highest BCUT2D eigenvalue weighted by Gasteiger charge is 2.19. The molecule has 0 atom stereocenters. The summed E-state index contributed by atoms with van der Waals surface area (Å²) >= 11 is 0. The molecule has 1 aliphatic carbocycles. The average molecular weight is 367 g/mol. The highest BCUT2D eigenvalue weighted by atomic mass is 16.1. The van der Waals surface area contributed by atoms with E-state index in [0.29, 0.717) is 11.6 Å². The first-order chi connectivity index (χ1) is 13.1. The summed E-state index contributed by atoms with van der Waals surface area (Å²) in [5.41, 5.74) is 3.66. The zero-order valence-corrected chi connectivity index (χ0v) is 16.5. The number of aromatic nitrogens is 2. The van der Waals surface area contributed by atoms with Crippen molar-refractivity contribution in [1.29, 1.82) is 0 Å². The molecule has 1 amide bonds. The fourth-order valence-corrected chi connectivity index (χ4v) is 3.57. The Kier molecular flexibility index (Phi) is 6.27. The molecule has 2 N–H and O–H groups in total. The Morgan fingerprint density at radius 1 is 1.19 bits per heavy atom. The second-order valence-corrected chi connectivity index (χ2v) is 7.02. The zero-order valence-electron chi connectivity index (χ0n) is 16.5. The molecule has 0 bridgehead atoms. The molecular formula is C21H29N5O. The second-order valence-electron chi connectivity index (χ2n) is 7.02. The molecule has 0 aliphatic heterocycles. The molecule has 1 aromatic heterocycles. The molecule has 144 valence electrons. The predicted octanol–water partition coefficient (Wildman–Crippen LogP) is 4.05. The van der Waals surface area contributed by atoms with Crippen molar-refractivity contribution in [3.8, 4) is 0 Å². The third kappa shape index (κ3) is 4.76. The van der Waals surface area contributed by atoms with E-state index in [1.54, 1.807) is 12.3 Å². The molecule has 0 saturated heterocycles. The highest BCUT2D eigenvalue weighted by Crippen LogP contribution is 2.24. The van der Waals surface area contributed by atoms with Crippen molar-refractivity contribution < 1.29 is 4.79 Å². The van der Waals surface area contributed by atoms with Crippen LogP contribution in [0.3, 0.4) is 0 Å². The molecule has 2 aromatic rings. The number of benzene rings is 1. The molecule has 1 aromatic carbocycles. The fraction of sp³-hybridized carbons (Fsp3) is 0.476. The van der Waals surface area contributed by atoms with Gasteiger partial charge in [-0.1, -0.05) is 12.8 Å². The van der Waals surface area contributed by atoms with Gasteiger partial charge in [0.25, 0.3) is 5.91 Å². The number of rotatable bonds is 7. The summed E-state index contributed by atoms with van der Waals surface area (Å²) in [6, 6.07) is 8.23. The summed E-state index contributed by atoms with van der Waals surface area (Å²) < 4.78 is 0. The smallest absolute Gasteiger partial charge is 0.270 e. The summed E-state index contributed by atoms with van der Waals surface area (Å²) in [5.74, 6) is 0.314. The largest absolute Gasteiger partial charge is 0.372 e. The lowest BCUT2D eigenvalue weighted by Gasteiger charge is -2.22. The summed E-state index contributed by atoms with van der Waals surface area (Å²) in [5, 5.41) is 6.31. The van der Waals surface area contributed by atoms with Crippen LogP contribution in [0.15, 0.2) is 30.5 Å². The van der Waals surface area contributed by atoms with E-state index in [9.17, 15) is 4.79 Å². The number of nitrogens with one attached hydrogen (secondary N) is 2. The summed E-state index contributed by atoms with van der Waals surface area (Å²) in [6.07, 6.45) is 6.10. The van der Waals surface area contributed by atoms with Gasteiger partial charge < -0.3 is 15.5 Å². The maximum Gasteiger partial charge on any atom is 0.270 e. The van der Waals surface area contributed by atoms with Crippen LogP contribution in [-0.2, 0) is 0 Å². The number of aryl methyl sites for hydroxylation is 1. The standard InChI is InChI=1S/C21H29N5O/c1-4-26(5-2)17-10-11-18(15(3)14-17)24-21-22-13-12-19(25-21)20(27)23-16-8-6-7-9-16/h10-14,16H,4-9H2,1-3H3,(H,23,27)(H,22,24,25). The van der Waals surface area contributed by atoms with E-state index >= 15 is 0 Å². The van der Waals surface area contributed by atoms with Gasteiger partial charge in [0.15, 0.2) is 0 Å². The molecule has 0 spiro atoms. The number of amides is 1. The molecule has 27 heavy (non-hydrogen) atoms. The number of carbonyl (C=O) groups excluding carboxylic acids is 1. The van der Waals surface area contributed by atoms with Gasteiger partial charge in [-0.05, 0) is 63.4 Å². The van der Waals surface area contributed by atoms with Gasteiger partial charge in [-0.15, -0.1) is 0 Å². The fourth-order valence-electron chi connectivity index (χ4n) is 3.57. The second kappa shape index (κ2) is 8.84. The normalized spacial score (nSPS) is 14.2. The average Bonchev–Trinajstić information content (AvgIpc) is 3.18. The van der Waals surface area contributed by atoms with Crippen LogP contribution in [0.2, 0.25) is 0 Å². The molecule has 0 radical (unpaired) electrons. The van der Waals surface area contributed by atoms with E-state index in [-0.39, 0.29) is 11.9 Å². The maximum absolute atomic E-state index is 12.4. The first kappa shape index (κ1) is 19.1. The van der Waals surface area contributed by atoms with E-state index in [1.165, 1.54) is 18.5 Å². The van der Waals surface area contributed by atoms with Crippen LogP contribution in [-0.4, -0.2) is 35.0 Å². The Morgan fingerprint density at radius 3 is 2.59 bits per heavy atom. The Balaban J connectivity index is 1.71. The monoisotopic (exact) mass is 367 g/mol. The molecule has 1 saturated carbocycles. The number of hydrogen-bond acceptors (Lipinski definition) is 5. The molecule has 1 fully saturated rings. The van der Waals surface area contributed by atoms with Crippen LogP contribution in [0, 0.1) is 6.92 Å². The quantitative estimate of drug-likeness (QED) is 0.773. The Labute approximate surface area is 161 Å². The van der Waals surface area contributed by atoms with Gasteiger partial charge in [-0.25, -0.2) is 9.97 Å². The SMILES string of the molecule is CCN(CC)c1ccc(Nc2nccc(C(=O)NC3CCCC3)n2)c(C)c1. The van der Waals surface area contributed by atoms with Crippen molar-refractivity contribution in [2.75, 3.05) is 23.3 Å². The van der Waals surface area contributed by atoms with Crippen LogP contribution < -0.4 is 15.5 Å². The molecule has 3 rings (SSSR count). The number of hydrogen-bond donors (Lipinski definition) is 2. The van der Waals surface area contributed by atoms with Crippen molar-refractivity contribution in [3.05, 3.63) is 41.7 Å². The first-order valence-corrected chi connectivity index (χ1v) is 9.87. The van der Waals surface area contributed by atoms with Crippen LogP contribution in [0.25, 0.3) is 0 Å². The minimum Gasteiger partial charge on any atom is -0.372 e. The van der Waals surface area contributed by atoms with Crippen molar-refractivity contribution in [1.82, 2.24) is 15.3 Å². The third-order valence-electron chi connectivity index (χ3n) is 5.16. The van der Waals surface area contributed by atoms with Crippen LogP contribution in [0.5, 0.6) is 0 Å². The lowest BCUT2D eigenvalue weighted by atomic mass is 10.1. The molecular weight excluding hydrogens is 338 g/mol. The van der Waals surface area contributed by atoms with Gasteiger partial charge in [0, 0.05) is 36.7 Å². The van der Waals surface area contributed by atoms with Gasteiger partial charge in [-0.2, -0.15) is 0 Å². The predicted molar refractivity (Wildman–Crippen MR) is 110 cm³/mol. The van der Waals surface area contributed by atoms with Gasteiger partial charge in [0.05, 0.1) is 0 Å². The summed E-state index contributed by atoms with van der Waals surface area (Å²) in [4.78, 5) is 23.4. The number of anilines is 3. The number of nitrogens with zero attached hydrogens (tertiary/aromatic N) is 3. The van der Waals surface area contributed by atoms with Gasteiger partial charge >= 0.3 is 0 Å². The maximum atomic E-state index is 12.4. The number of carbonyl (C=O) groups is 1. The van der Waals surface area contributed by atoms with Crippen LogP contribution in [0.1, 0.15) is 55.6 Å². The van der Waals surface area contributed by atoms with Crippen LogP contribution in [0.4, 0.5) is 17.3 Å². The van der Waals surface area contributed by atoms with Gasteiger partial charge in [0.1, 0.15) is 5.69 Å². The minimum absolute atomic E-state index is 0.124. The van der Waals surface area contributed by atoms with Crippen molar-refractivity contribution in [2.24, 2.45) is 0 Å².